The van der Waals surface area contributed by atoms with E-state index in [2.05, 4.69) is 88.0 Å². The quantitative estimate of drug-likeness (QED) is 0.0197. The lowest BCUT2D eigenvalue weighted by atomic mass is 9.58. The minimum absolute atomic E-state index is 0.0372. The molecule has 0 aromatic heterocycles. The molecule has 27 N–H and O–H groups in total. The highest BCUT2D eigenvalue weighted by atomic mass is 32.2. The van der Waals surface area contributed by atoms with Crippen molar-refractivity contribution in [2.24, 2.45) is 102 Å². The molecule has 2 saturated heterocycles. The number of hydrogen-bond donors (Lipinski definition) is 22. The Morgan fingerprint density at radius 2 is 0.892 bits per heavy atom. The Morgan fingerprint density at radius 3 is 1.20 bits per heavy atom. The average Bonchev–Trinajstić information content (AvgIpc) is 1.55. The molecule has 35 nitrogen and oxygen atoms in total. The summed E-state index contributed by atoms with van der Waals surface area (Å²) in [5.74, 6) is 4.48. The van der Waals surface area contributed by atoms with Gasteiger partial charge in [0.25, 0.3) is 0 Å². The number of allylic oxidation sites excluding steroid dienone is 4. The third kappa shape index (κ3) is 43.9. The molecule has 2 aliphatic heterocycles. The molecule has 14 saturated carbocycles. The van der Waals surface area contributed by atoms with Gasteiger partial charge in [-0.1, -0.05) is 79.7 Å². The maximum atomic E-state index is 12.1. The minimum atomic E-state index is -3.01. The number of carbonyl (C=O) groups excluding carboxylic acids is 3. The second kappa shape index (κ2) is 56.4. The average molecular weight is 2040 g/mol. The fraction of sp³-hybridized carbons (Fsp3) is 0.822. The molecular weight excluding hydrogens is 1850 g/mol. The largest absolute Gasteiger partial charge is 0.513 e. The first-order chi connectivity index (χ1) is 63.8. The van der Waals surface area contributed by atoms with Gasteiger partial charge in [-0.3, -0.25) is 33.6 Å². The summed E-state index contributed by atoms with van der Waals surface area (Å²) in [7, 11) is -8.48. The van der Waals surface area contributed by atoms with E-state index in [0.717, 1.165) is 179 Å². The van der Waals surface area contributed by atoms with Crippen LogP contribution in [-0.2, 0) is 53.7 Å². The summed E-state index contributed by atoms with van der Waals surface area (Å²) >= 11 is 0. The molecule has 2 atom stereocenters. The van der Waals surface area contributed by atoms with E-state index in [1.54, 1.807) is 20.8 Å². The zero-order chi connectivity index (χ0) is 107. The molecule has 0 aromatic carbocycles. The van der Waals surface area contributed by atoms with Crippen molar-refractivity contribution in [1.82, 2.24) is 23.5 Å². The van der Waals surface area contributed by atoms with Crippen LogP contribution in [-0.4, -0.2) is 305 Å². The van der Waals surface area contributed by atoms with E-state index in [0.29, 0.717) is 178 Å². The van der Waals surface area contributed by atoms with Gasteiger partial charge in [-0.15, -0.1) is 0 Å². The maximum absolute atomic E-state index is 12.1. The predicted octanol–water partition coefficient (Wildman–Crippen LogP) is 9.08. The molecule has 2 heterocycles. The number of nitrogens with two attached hydrogens (primary N) is 5. The monoisotopic (exact) mass is 2040 g/mol. The SMILES string of the molecule is C=C(CC(C)(C)CN)C(C)O.C=C(CO)CC(C)(C)CN.C=C(O)C1(C)CCC(O)CC1.C=C(O)C12CCC(O)(C1)C2.C=C(O)C12CCC(O)(CC1)CC2.C=C(O)C1CCC(CN)CC1.C=S(C)(=O)NC(=O)C12CCC(O)(CC1)CC2.CC(=O)CCNC(=O)C(C)(C)CN.CS(=O)(=O)N1CCC(CO)CC1.CS(=O)(=O)N1CCN(CCN)CC1.O=C(O)C12CCC(O)(CC1)C2.O=C(O)C1CC(CO)C1. The Bertz CT molecular complexity index is 4210. The number of carbonyl (C=O) groups is 5. The first-order valence-corrected chi connectivity index (χ1v) is 55.6. The van der Waals surface area contributed by atoms with Gasteiger partial charge in [0, 0.05) is 123 Å². The standard InChI is InChI=1S/C11H19NO3S.C10H16O2.C9H18N2O2.C9H17NO.C9H19NO.C9H16O2.C8H17NO.C8H12O3.C8H12O2.C7H17N3O2S.C7H15NO3S.C6H10O3/c1-16(2,15)12-9(13)10-3-6-11(14,7-4-10)8-5-10;1-8(11)9-2-5-10(12,6-3-9)7-4-9;1-7(12)4-5-11-8(13)9(2,3)6-10;1-7(11)9-4-2-8(6-10)3-5-9;1-7(8(2)11)5-9(3,4)6-10;1-7(10)9(2)5-3-8(11)4-6-9;1-7(5-10)4-8(2,3)6-9;9-6(10)7-1-3-8(11,5-7)4-2-7;1-6(9)7-2-3-8(10,4-7)5-7;1-13(11,12)10-6-4-9(3-2-8)5-7-10;1-12(10,11)8-4-2-7(6-9)3-5-8;7-3-4-1-5(2-4)6(8)9/h14H,1,3-8H2,2H3,(H,12,13,15);11-12H,1-7H2;4-6,10H2,1-3H3,(H,11,13);8-9,11H,1-6,10H2;8,11H,1,5-6,10H2,2-4H3;8,10-11H,1,3-6H2,2H3;10H,1,4-6,9H2,2-3H3;11H,1-5H2,(H,9,10);9-10H,1-5H2;2-8H2,1H3;7,9H,2-6H2,1H3;4-5,7H,1-3H2,(H,8,9). The number of amides is 2. The number of nitrogens with one attached hydrogen (secondary N) is 2. The van der Waals surface area contributed by atoms with Crippen molar-refractivity contribution in [2.75, 3.05) is 124 Å². The van der Waals surface area contributed by atoms with Crippen LogP contribution in [0.3, 0.4) is 0 Å². The van der Waals surface area contributed by atoms with E-state index < -0.39 is 86.4 Å². The third-order valence-electron chi connectivity index (χ3n) is 31.1. The summed E-state index contributed by atoms with van der Waals surface area (Å²) in [5.41, 5.74) is 25.5. The number of aliphatic carboxylic acids is 2. The molecule has 0 spiro atoms. The summed E-state index contributed by atoms with van der Waals surface area (Å²) in [4.78, 5) is 57.2. The van der Waals surface area contributed by atoms with Crippen molar-refractivity contribution in [3.05, 3.63) is 73.7 Å². The number of piperazine rings is 1. The molecule has 2 amide bonds. The Hall–Kier alpha value is -5.57. The molecular formula is C101H188N10O25S3. The van der Waals surface area contributed by atoms with Gasteiger partial charge >= 0.3 is 11.9 Å². The summed E-state index contributed by atoms with van der Waals surface area (Å²) in [6.45, 7) is 47.3. The highest BCUT2D eigenvalue weighted by Crippen LogP contribution is 2.64. The van der Waals surface area contributed by atoms with Gasteiger partial charge in [0.05, 0.1) is 98.9 Å². The Kier molecular flexibility index (Phi) is 52.5. The number of ketones is 1. The highest BCUT2D eigenvalue weighted by Gasteiger charge is 2.62. The van der Waals surface area contributed by atoms with E-state index >= 15 is 0 Å². The normalized spacial score (nSPS) is 31.0. The van der Waals surface area contributed by atoms with Gasteiger partial charge in [-0.2, -0.15) is 4.31 Å². The zero-order valence-corrected chi connectivity index (χ0v) is 89.0. The predicted molar refractivity (Wildman–Crippen MR) is 550 cm³/mol. The number of fused-ring (bicyclic) bond motifs is 9. The van der Waals surface area contributed by atoms with Crippen molar-refractivity contribution in [2.45, 2.75) is 328 Å². The number of carboxylic acids is 2. The van der Waals surface area contributed by atoms with E-state index in [1.165, 1.54) is 34.3 Å². The van der Waals surface area contributed by atoms with Crippen LogP contribution in [0.15, 0.2) is 73.7 Å². The van der Waals surface area contributed by atoms with Gasteiger partial charge in [0.2, 0.25) is 31.9 Å². The molecule has 0 radical (unpaired) electrons. The van der Waals surface area contributed by atoms with Crippen molar-refractivity contribution < 1.29 is 122 Å². The third-order valence-corrected chi connectivity index (χ3v) is 34.4. The maximum Gasteiger partial charge on any atom is 0.309 e. The summed E-state index contributed by atoms with van der Waals surface area (Å²) in [5, 5.41) is 140. The van der Waals surface area contributed by atoms with Crippen LogP contribution < -0.4 is 38.7 Å². The number of sulfonamides is 2. The lowest BCUT2D eigenvalue weighted by Gasteiger charge is -2.50. The molecule has 38 heteroatoms. The van der Waals surface area contributed by atoms with Crippen LogP contribution in [0.4, 0.5) is 0 Å². The molecule has 16 rings (SSSR count). The van der Waals surface area contributed by atoms with Crippen LogP contribution in [0, 0.1) is 72.9 Å². The lowest BCUT2D eigenvalue weighted by Crippen LogP contribution is -2.53. The van der Waals surface area contributed by atoms with Crippen LogP contribution in [0.25, 0.3) is 0 Å². The fourth-order valence-electron chi connectivity index (χ4n) is 19.8. The highest BCUT2D eigenvalue weighted by molar-refractivity contribution is 7.98. The van der Waals surface area contributed by atoms with Crippen LogP contribution in [0.1, 0.15) is 293 Å². The smallest absolute Gasteiger partial charge is 0.309 e. The van der Waals surface area contributed by atoms with Gasteiger partial charge < -0.3 is 111 Å². The number of piperidine rings is 1. The molecule has 810 valence electrons. The molecule has 2 unspecified atom stereocenters. The van der Waals surface area contributed by atoms with Crippen molar-refractivity contribution >= 4 is 65.2 Å². The number of aliphatic hydroxyl groups is 13. The number of Topliss-reactive ketones (excluding diaryl/α,β-unsaturated/α-hetero) is 1. The molecule has 16 aliphatic rings. The van der Waals surface area contributed by atoms with Gasteiger partial charge in [0.15, 0.2) is 0 Å². The second-order valence-corrected chi connectivity index (χ2v) is 51.3. The van der Waals surface area contributed by atoms with E-state index in [4.69, 9.17) is 69.5 Å². The first kappa shape index (κ1) is 129. The van der Waals surface area contributed by atoms with Crippen molar-refractivity contribution in [3.8, 4) is 0 Å². The topological polar surface area (TPSA) is 638 Å². The first-order valence-electron chi connectivity index (χ1n) is 49.8. The van der Waals surface area contributed by atoms with Gasteiger partial charge in [-0.25, -0.2) is 25.3 Å². The van der Waals surface area contributed by atoms with E-state index in [1.807, 2.05) is 6.92 Å². The molecule has 14 aliphatic carbocycles. The number of hydrogen-bond acceptors (Lipinski definition) is 29. The van der Waals surface area contributed by atoms with E-state index in [9.17, 15) is 80.8 Å². The van der Waals surface area contributed by atoms with Crippen LogP contribution in [0.5, 0.6) is 0 Å². The zero-order valence-electron chi connectivity index (χ0n) is 86.5. The van der Waals surface area contributed by atoms with Crippen LogP contribution in [0.2, 0.25) is 0 Å². The summed E-state index contributed by atoms with van der Waals surface area (Å²) in [6, 6.07) is 0. The van der Waals surface area contributed by atoms with Gasteiger partial charge in [0.1, 0.15) is 5.78 Å². The molecule has 139 heavy (non-hydrogen) atoms. The molecule has 16 fully saturated rings. The van der Waals surface area contributed by atoms with Gasteiger partial charge in [-0.05, 0) is 312 Å². The van der Waals surface area contributed by atoms with Crippen molar-refractivity contribution in [3.63, 3.8) is 0 Å². The van der Waals surface area contributed by atoms with Crippen molar-refractivity contribution in [1.29, 1.82) is 0 Å². The van der Waals surface area contributed by atoms with Crippen LogP contribution >= 0.6 is 0 Å². The minimum Gasteiger partial charge on any atom is -0.513 e. The fourth-order valence-corrected chi connectivity index (χ4v) is 22.1. The Labute approximate surface area is 832 Å². The number of aliphatic hydroxyl groups excluding tert-OH is 9. The summed E-state index contributed by atoms with van der Waals surface area (Å²) in [6.07, 6.45) is 31.7. The molecule has 0 aromatic rings. The molecule has 8 bridgehead atoms. The lowest BCUT2D eigenvalue weighted by molar-refractivity contribution is -0.148. The number of carboxylic acid groups (broad SMARTS) is 2. The Morgan fingerprint density at radius 1 is 0.489 bits per heavy atom. The number of nitrogens with zero attached hydrogens (tertiary/aromatic N) is 3. The number of rotatable bonds is 28. The Balaban J connectivity index is 0.000000514. The second-order valence-electron chi connectivity index (χ2n) is 45.1. The van der Waals surface area contributed by atoms with E-state index in [-0.39, 0.29) is 94.0 Å². The summed E-state index contributed by atoms with van der Waals surface area (Å²) < 4.78 is 61.3.